The van der Waals surface area contributed by atoms with Crippen molar-refractivity contribution in [2.75, 3.05) is 0 Å². The number of aromatic nitrogens is 2. The van der Waals surface area contributed by atoms with Crippen LogP contribution in [0.15, 0.2) is 414 Å². The maximum absolute atomic E-state index is 6.55. The van der Waals surface area contributed by atoms with Gasteiger partial charge in [0.2, 0.25) is 0 Å². The van der Waals surface area contributed by atoms with Crippen LogP contribution in [0.25, 0.3) is 115 Å². The van der Waals surface area contributed by atoms with Gasteiger partial charge in [-0.1, -0.05) is 356 Å². The molecule has 0 spiro atoms. The van der Waals surface area contributed by atoms with Crippen molar-refractivity contribution >= 4 is 161 Å². The zero-order valence-electron chi connectivity index (χ0n) is 56.2. The highest BCUT2D eigenvalue weighted by Gasteiger charge is 2.43. The Morgan fingerprint density at radius 3 is 1.00 bits per heavy atom. The molecule has 488 valence electrons. The van der Waals surface area contributed by atoms with Gasteiger partial charge in [-0.3, -0.25) is 0 Å². The van der Waals surface area contributed by atoms with E-state index in [0.717, 1.165) is 76.3 Å². The van der Waals surface area contributed by atoms with Crippen LogP contribution in [0.1, 0.15) is 0 Å². The van der Waals surface area contributed by atoms with Crippen LogP contribution in [0.3, 0.4) is 0 Å². The summed E-state index contributed by atoms with van der Waals surface area (Å²) in [6.07, 6.45) is 0. The topological polar surface area (TPSA) is 47.0 Å². The molecule has 4 heterocycles. The number of H-pyrrole nitrogens is 1. The standard InChI is InChI=1S/C48H33NOSi.C36H25BrOSi.C12H9N/c1-3-18-36(19-4-1)51(37-20-5-2-6-21-37,38-22-13-16-34(32-38)40-27-15-28-44-43-26-9-12-31-47(43)50-48(40)44)39-23-14-17-35(33-39)49-45-29-10-7-24-41(45)42-25-8-11-30-46(42)49;37-27-13-10-19-31(25-27)39(28-14-3-1-4-15-28,29-16-5-2-6-17-29)30-18-9-12-26(24-30)32-21-11-22-34-33-20-7-8-23-35(33)38-36(32)34;1-3-7-11-9(5-1)10-6-2-4-8-12(10)13-11/h1-33H;1-25H;1-8,13H. The third-order valence-corrected chi connectivity index (χ3v) is 30.6. The van der Waals surface area contributed by atoms with Crippen molar-refractivity contribution in [3.8, 4) is 27.9 Å². The van der Waals surface area contributed by atoms with E-state index >= 15 is 0 Å². The number of hydrogen-bond donors (Lipinski definition) is 1. The van der Waals surface area contributed by atoms with Gasteiger partial charge in [0.05, 0.1) is 11.0 Å². The summed E-state index contributed by atoms with van der Waals surface area (Å²) in [5, 5.41) is 20.4. The summed E-state index contributed by atoms with van der Waals surface area (Å²) in [5.74, 6) is 0. The number of aromatic amines is 1. The van der Waals surface area contributed by atoms with E-state index in [-0.39, 0.29) is 0 Å². The van der Waals surface area contributed by atoms with Crippen LogP contribution in [0, 0.1) is 0 Å². The second-order valence-corrected chi connectivity index (χ2v) is 34.9. The SMILES string of the molecule is Brc1cccc([Si](c2ccccc2)(c2ccccc2)c2cccc(-c3cccc4c3oc3ccccc34)c2)c1.c1ccc([Si](c2ccccc2)(c2cccc(-c3cccc4c3oc3ccccc34)c2)c2cccc(-n3c4ccccc4c4ccccc43)c2)cc1.c1ccc2c(c1)[nH]c1ccccc12. The number of halogens is 1. The molecule has 0 atom stereocenters. The Morgan fingerprint density at radius 2 is 0.563 bits per heavy atom. The Hall–Kier alpha value is -12.4. The second-order valence-electron chi connectivity index (χ2n) is 26.3. The predicted octanol–water partition coefficient (Wildman–Crippen LogP) is 20.4. The maximum Gasteiger partial charge on any atom is 0.179 e. The molecule has 4 aromatic heterocycles. The van der Waals surface area contributed by atoms with E-state index in [2.05, 4.69) is 408 Å². The van der Waals surface area contributed by atoms with Gasteiger partial charge in [-0.2, -0.15) is 0 Å². The van der Waals surface area contributed by atoms with Gasteiger partial charge in [-0.05, 0) is 113 Å². The number of rotatable bonds is 11. The molecule has 0 bridgehead atoms. The molecule has 0 saturated heterocycles. The van der Waals surface area contributed by atoms with Crippen molar-refractivity contribution in [2.24, 2.45) is 0 Å². The molecule has 0 aliphatic carbocycles. The Kier molecular flexibility index (Phi) is 16.4. The average Bonchev–Trinajstić information content (AvgIpc) is 1.66. The Balaban J connectivity index is 0.000000128. The van der Waals surface area contributed by atoms with E-state index in [4.69, 9.17) is 8.83 Å². The van der Waals surface area contributed by atoms with Crippen molar-refractivity contribution < 1.29 is 8.83 Å². The number of nitrogens with one attached hydrogen (secondary N) is 1. The molecule has 4 nitrogen and oxygen atoms in total. The molecule has 0 amide bonds. The Bertz CT molecular complexity index is 6290. The molecule has 0 aliphatic rings. The molecule has 103 heavy (non-hydrogen) atoms. The molecular weight excluding hydrogens is 1350 g/mol. The lowest BCUT2D eigenvalue weighted by Gasteiger charge is -2.35. The van der Waals surface area contributed by atoms with E-state index in [1.807, 2.05) is 18.2 Å². The third-order valence-electron chi connectivity index (χ3n) is 20.6. The van der Waals surface area contributed by atoms with Gasteiger partial charge in [-0.25, -0.2) is 0 Å². The number of fused-ring (bicyclic) bond motifs is 12. The first kappa shape index (κ1) is 62.9. The largest absolute Gasteiger partial charge is 0.455 e. The summed E-state index contributed by atoms with van der Waals surface area (Å²) in [5.41, 5.74) is 14.2. The minimum atomic E-state index is -2.89. The number of nitrogens with zero attached hydrogens (tertiary/aromatic N) is 1. The fourth-order valence-electron chi connectivity index (χ4n) is 16.1. The lowest BCUT2D eigenvalue weighted by Crippen LogP contribution is -2.74. The number of hydrogen-bond acceptors (Lipinski definition) is 2. The van der Waals surface area contributed by atoms with E-state index in [1.165, 1.54) is 85.1 Å². The second kappa shape index (κ2) is 27.0. The number of para-hydroxylation sites is 8. The van der Waals surface area contributed by atoms with Gasteiger partial charge < -0.3 is 18.4 Å². The monoisotopic (exact) mass is 1410 g/mol. The van der Waals surface area contributed by atoms with Crippen LogP contribution >= 0.6 is 15.9 Å². The predicted molar refractivity (Wildman–Crippen MR) is 443 cm³/mol. The summed E-state index contributed by atoms with van der Waals surface area (Å²) < 4.78 is 16.5. The first-order chi connectivity index (χ1) is 51.0. The van der Waals surface area contributed by atoms with Crippen LogP contribution in [0.5, 0.6) is 0 Å². The highest BCUT2D eigenvalue weighted by Crippen LogP contribution is 2.38. The number of furan rings is 2. The van der Waals surface area contributed by atoms with Gasteiger partial charge in [0.1, 0.15) is 22.3 Å². The quantitative estimate of drug-likeness (QED) is 0.104. The third kappa shape index (κ3) is 11.0. The molecule has 0 saturated carbocycles. The van der Waals surface area contributed by atoms with Crippen molar-refractivity contribution in [1.82, 2.24) is 9.55 Å². The molecular formula is C96H67BrN2O2Si2. The maximum atomic E-state index is 6.55. The smallest absolute Gasteiger partial charge is 0.179 e. The van der Waals surface area contributed by atoms with E-state index in [9.17, 15) is 0 Å². The summed E-state index contributed by atoms with van der Waals surface area (Å²) in [4.78, 5) is 3.38. The Morgan fingerprint density at radius 1 is 0.243 bits per heavy atom. The summed E-state index contributed by atoms with van der Waals surface area (Å²) in [6.45, 7) is 0. The van der Waals surface area contributed by atoms with Crippen molar-refractivity contribution in [1.29, 1.82) is 0 Å². The normalized spacial score (nSPS) is 11.7. The van der Waals surface area contributed by atoms with Gasteiger partial charge >= 0.3 is 0 Å². The number of benzene rings is 16. The van der Waals surface area contributed by atoms with Gasteiger partial charge in [0.25, 0.3) is 0 Å². The molecule has 1 N–H and O–H groups in total. The average molecular weight is 1420 g/mol. The highest BCUT2D eigenvalue weighted by atomic mass is 79.9. The van der Waals surface area contributed by atoms with Crippen LogP contribution in [-0.4, -0.2) is 25.7 Å². The molecule has 0 radical (unpaired) electrons. The first-order valence-electron chi connectivity index (χ1n) is 35.1. The van der Waals surface area contributed by atoms with E-state index in [0.29, 0.717) is 0 Å². The lowest BCUT2D eigenvalue weighted by molar-refractivity contribution is 0.669. The summed E-state index contributed by atoms with van der Waals surface area (Å²) in [7, 11) is -5.54. The highest BCUT2D eigenvalue weighted by molar-refractivity contribution is 9.10. The van der Waals surface area contributed by atoms with Crippen LogP contribution < -0.4 is 41.5 Å². The van der Waals surface area contributed by atoms with Crippen molar-refractivity contribution in [3.63, 3.8) is 0 Å². The fourth-order valence-corrected chi connectivity index (χ4v) is 26.4. The van der Waals surface area contributed by atoms with Crippen LogP contribution in [0.4, 0.5) is 0 Å². The molecule has 0 fully saturated rings. The molecule has 16 aromatic carbocycles. The lowest BCUT2D eigenvalue weighted by atomic mass is 10.0. The zero-order chi connectivity index (χ0) is 68.7. The molecule has 0 unspecified atom stereocenters. The summed E-state index contributed by atoms with van der Waals surface area (Å²) >= 11 is 3.78. The Labute approximate surface area is 607 Å². The van der Waals surface area contributed by atoms with Crippen LogP contribution in [-0.2, 0) is 0 Å². The van der Waals surface area contributed by atoms with Crippen LogP contribution in [0.2, 0.25) is 0 Å². The minimum absolute atomic E-state index is 0.912. The van der Waals surface area contributed by atoms with Gasteiger partial charge in [-0.15, -0.1) is 0 Å². The molecule has 7 heteroatoms. The van der Waals surface area contributed by atoms with Crippen molar-refractivity contribution in [2.45, 2.75) is 0 Å². The zero-order valence-corrected chi connectivity index (χ0v) is 59.8. The minimum Gasteiger partial charge on any atom is -0.455 e. The van der Waals surface area contributed by atoms with E-state index in [1.54, 1.807) is 0 Å². The molecule has 20 aromatic rings. The van der Waals surface area contributed by atoms with Gasteiger partial charge in [0, 0.05) is 75.4 Å². The molecule has 0 aliphatic heterocycles. The molecule has 20 rings (SSSR count). The van der Waals surface area contributed by atoms with Gasteiger partial charge in [0.15, 0.2) is 16.1 Å². The first-order valence-corrected chi connectivity index (χ1v) is 39.8. The summed E-state index contributed by atoms with van der Waals surface area (Å²) in [6, 6.07) is 145. The fraction of sp³-hybridized carbons (Fsp3) is 0. The van der Waals surface area contributed by atoms with Crippen molar-refractivity contribution in [3.05, 3.63) is 405 Å². The van der Waals surface area contributed by atoms with E-state index < -0.39 is 16.1 Å².